The predicted molar refractivity (Wildman–Crippen MR) is 86.7 cm³/mol. The van der Waals surface area contributed by atoms with Gasteiger partial charge < -0.3 is 4.57 Å². The maximum absolute atomic E-state index is 12.8. The molecule has 0 bridgehead atoms. The number of aryl methyl sites for hydroxylation is 1. The van der Waals surface area contributed by atoms with Crippen molar-refractivity contribution in [1.82, 2.24) is 19.5 Å². The molecule has 0 radical (unpaired) electrons. The largest absolute Gasteiger partial charge is 0.319 e. The third-order valence-corrected chi connectivity index (χ3v) is 5.34. The second kappa shape index (κ2) is 6.07. The third-order valence-electron chi connectivity index (χ3n) is 4.36. The van der Waals surface area contributed by atoms with Crippen molar-refractivity contribution >= 4 is 17.2 Å². The van der Waals surface area contributed by atoms with E-state index < -0.39 is 0 Å². The summed E-state index contributed by atoms with van der Waals surface area (Å²) in [5.74, 6) is 0.0359. The van der Waals surface area contributed by atoms with Crippen LogP contribution < -0.4 is 0 Å². The topological polar surface area (TPSA) is 50.6 Å². The average molecular weight is 332 g/mol. The maximum Gasteiger partial charge on any atom is 0.270 e. The van der Waals surface area contributed by atoms with Crippen LogP contribution in [0, 0.1) is 6.92 Å². The molecule has 122 valence electrons. The molecule has 7 heteroatoms. The molecule has 6 nitrogen and oxygen atoms in total. The van der Waals surface area contributed by atoms with Crippen molar-refractivity contribution in [2.24, 2.45) is 0 Å². The summed E-state index contributed by atoms with van der Waals surface area (Å²) >= 11 is 1.82. The summed E-state index contributed by atoms with van der Waals surface area (Å²) < 4.78 is 2.00. The summed E-state index contributed by atoms with van der Waals surface area (Å²) in [5.41, 5.74) is 1.09. The quantitative estimate of drug-likeness (QED) is 0.862. The Morgan fingerprint density at radius 2 is 2.39 bits per heavy atom. The fourth-order valence-electron chi connectivity index (χ4n) is 3.26. The number of hydrogen-bond acceptors (Lipinski definition) is 5. The SMILES string of the molecule is Cc1ccc(CN2Cc3cncn3[C@H](C(=O)N3CCCO3)C2)s1. The van der Waals surface area contributed by atoms with E-state index in [9.17, 15) is 4.79 Å². The fraction of sp³-hybridized carbons (Fsp3) is 0.500. The summed E-state index contributed by atoms with van der Waals surface area (Å²) in [6.45, 7) is 5.82. The summed E-state index contributed by atoms with van der Waals surface area (Å²) in [4.78, 5) is 27.4. The van der Waals surface area contributed by atoms with Crippen LogP contribution in [0.4, 0.5) is 0 Å². The van der Waals surface area contributed by atoms with E-state index in [1.165, 1.54) is 14.8 Å². The molecule has 2 aromatic heterocycles. The zero-order chi connectivity index (χ0) is 15.8. The van der Waals surface area contributed by atoms with Gasteiger partial charge >= 0.3 is 0 Å². The maximum atomic E-state index is 12.8. The van der Waals surface area contributed by atoms with Crippen LogP contribution >= 0.6 is 11.3 Å². The van der Waals surface area contributed by atoms with Crippen molar-refractivity contribution < 1.29 is 9.63 Å². The molecule has 1 atom stereocenters. The van der Waals surface area contributed by atoms with Crippen molar-refractivity contribution in [2.45, 2.75) is 32.5 Å². The molecule has 4 heterocycles. The van der Waals surface area contributed by atoms with Gasteiger partial charge in [0, 0.05) is 35.6 Å². The minimum Gasteiger partial charge on any atom is -0.319 e. The van der Waals surface area contributed by atoms with Gasteiger partial charge in [0.25, 0.3) is 5.91 Å². The van der Waals surface area contributed by atoms with E-state index in [0.29, 0.717) is 19.7 Å². The van der Waals surface area contributed by atoms with E-state index >= 15 is 0 Å². The van der Waals surface area contributed by atoms with Crippen LogP contribution in [-0.2, 0) is 22.7 Å². The van der Waals surface area contributed by atoms with Gasteiger partial charge in [-0.1, -0.05) is 0 Å². The van der Waals surface area contributed by atoms with Gasteiger partial charge in [0.15, 0.2) is 0 Å². The molecule has 2 aliphatic heterocycles. The first-order chi connectivity index (χ1) is 11.2. The highest BCUT2D eigenvalue weighted by molar-refractivity contribution is 7.11. The average Bonchev–Trinajstić information content (AvgIpc) is 3.26. The number of fused-ring (bicyclic) bond motifs is 1. The summed E-state index contributed by atoms with van der Waals surface area (Å²) in [6.07, 6.45) is 4.53. The molecule has 0 unspecified atom stereocenters. The summed E-state index contributed by atoms with van der Waals surface area (Å²) in [5, 5.41) is 1.52. The van der Waals surface area contributed by atoms with Gasteiger partial charge in [-0.05, 0) is 25.5 Å². The molecule has 0 aliphatic carbocycles. The van der Waals surface area contributed by atoms with Gasteiger partial charge in [-0.15, -0.1) is 11.3 Å². The second-order valence-electron chi connectivity index (χ2n) is 6.12. The lowest BCUT2D eigenvalue weighted by Crippen LogP contribution is -2.44. The number of carbonyl (C=O) groups excluding carboxylic acids is 1. The normalized spacial score (nSPS) is 21.6. The molecule has 23 heavy (non-hydrogen) atoms. The lowest BCUT2D eigenvalue weighted by molar-refractivity contribution is -0.173. The van der Waals surface area contributed by atoms with Gasteiger partial charge in [0.1, 0.15) is 6.04 Å². The Balaban J connectivity index is 1.55. The third kappa shape index (κ3) is 2.91. The van der Waals surface area contributed by atoms with Crippen LogP contribution in [0.1, 0.15) is 27.9 Å². The van der Waals surface area contributed by atoms with E-state index in [1.807, 2.05) is 22.1 Å². The van der Waals surface area contributed by atoms with Crippen molar-refractivity contribution in [3.05, 3.63) is 40.1 Å². The Bertz CT molecular complexity index is 705. The smallest absolute Gasteiger partial charge is 0.270 e. The van der Waals surface area contributed by atoms with Crippen molar-refractivity contribution in [3.8, 4) is 0 Å². The number of imidazole rings is 1. The first-order valence-electron chi connectivity index (χ1n) is 7.93. The number of nitrogens with zero attached hydrogens (tertiary/aromatic N) is 4. The lowest BCUT2D eigenvalue weighted by Gasteiger charge is -2.34. The van der Waals surface area contributed by atoms with Gasteiger partial charge in [0.2, 0.25) is 0 Å². The predicted octanol–water partition coefficient (Wildman–Crippen LogP) is 1.97. The number of rotatable bonds is 3. The first-order valence-corrected chi connectivity index (χ1v) is 8.75. The van der Waals surface area contributed by atoms with Crippen molar-refractivity contribution in [3.63, 3.8) is 0 Å². The molecule has 0 saturated carbocycles. The van der Waals surface area contributed by atoms with E-state index in [0.717, 1.165) is 25.2 Å². The lowest BCUT2D eigenvalue weighted by atomic mass is 10.1. The number of hydroxylamine groups is 2. The van der Waals surface area contributed by atoms with Crippen LogP contribution in [0.25, 0.3) is 0 Å². The van der Waals surface area contributed by atoms with E-state index in [4.69, 9.17) is 4.84 Å². The molecule has 2 aliphatic rings. The Morgan fingerprint density at radius 3 is 3.13 bits per heavy atom. The summed E-state index contributed by atoms with van der Waals surface area (Å²) in [6, 6.07) is 4.07. The van der Waals surface area contributed by atoms with Gasteiger partial charge in [-0.2, -0.15) is 0 Å². The second-order valence-corrected chi connectivity index (χ2v) is 7.49. The number of hydrogen-bond donors (Lipinski definition) is 0. The number of thiophene rings is 1. The monoisotopic (exact) mass is 332 g/mol. The number of amides is 1. The summed E-state index contributed by atoms with van der Waals surface area (Å²) in [7, 11) is 0. The van der Waals surface area contributed by atoms with Crippen molar-refractivity contribution in [1.29, 1.82) is 0 Å². The minimum absolute atomic E-state index is 0.0359. The molecular weight excluding hydrogens is 312 g/mol. The number of carbonyl (C=O) groups is 1. The number of aromatic nitrogens is 2. The molecule has 0 spiro atoms. The standard InChI is InChI=1S/C16H20N4O2S/c1-12-3-4-14(23-12)9-18-8-13-7-17-11-19(13)15(10-18)16(21)20-5-2-6-22-20/h3-4,7,11,15H,2,5-6,8-10H2,1H3/t15-/m0/s1. The van der Waals surface area contributed by atoms with Crippen molar-refractivity contribution in [2.75, 3.05) is 19.7 Å². The van der Waals surface area contributed by atoms with Gasteiger partial charge in [-0.3, -0.25) is 14.5 Å². The van der Waals surface area contributed by atoms with Crippen LogP contribution in [0.2, 0.25) is 0 Å². The highest BCUT2D eigenvalue weighted by Crippen LogP contribution is 2.26. The molecule has 1 saturated heterocycles. The first kappa shape index (κ1) is 14.9. The van der Waals surface area contributed by atoms with Gasteiger partial charge in [0.05, 0.1) is 25.2 Å². The minimum atomic E-state index is -0.250. The zero-order valence-electron chi connectivity index (χ0n) is 13.1. The molecule has 2 aromatic rings. The Morgan fingerprint density at radius 1 is 1.48 bits per heavy atom. The molecular formula is C16H20N4O2S. The van der Waals surface area contributed by atoms with Crippen LogP contribution in [0.15, 0.2) is 24.7 Å². The van der Waals surface area contributed by atoms with Crippen LogP contribution in [0.5, 0.6) is 0 Å². The fourth-order valence-corrected chi connectivity index (χ4v) is 4.19. The van der Waals surface area contributed by atoms with Crippen LogP contribution in [0.3, 0.4) is 0 Å². The zero-order valence-corrected chi connectivity index (χ0v) is 14.0. The highest BCUT2D eigenvalue weighted by Gasteiger charge is 2.34. The van der Waals surface area contributed by atoms with E-state index in [1.54, 1.807) is 6.33 Å². The molecule has 1 fully saturated rings. The molecule has 1 amide bonds. The molecule has 0 aromatic carbocycles. The Labute approximate surface area is 139 Å². The van der Waals surface area contributed by atoms with E-state index in [2.05, 4.69) is 28.9 Å². The molecule has 0 N–H and O–H groups in total. The van der Waals surface area contributed by atoms with E-state index in [-0.39, 0.29) is 11.9 Å². The van der Waals surface area contributed by atoms with Crippen LogP contribution in [-0.4, -0.2) is 45.1 Å². The Hall–Kier alpha value is -1.70. The highest BCUT2D eigenvalue weighted by atomic mass is 32.1. The Kier molecular flexibility index (Phi) is 3.92. The molecule has 4 rings (SSSR count). The van der Waals surface area contributed by atoms with Gasteiger partial charge in [-0.25, -0.2) is 10.0 Å².